The number of aryl methyl sites for hydroxylation is 1. The highest BCUT2D eigenvalue weighted by Crippen LogP contribution is 2.37. The predicted octanol–water partition coefficient (Wildman–Crippen LogP) is 3.05. The molecule has 0 bridgehead atoms. The molecule has 1 aromatic heterocycles. The van der Waals surface area contributed by atoms with Crippen molar-refractivity contribution in [3.05, 3.63) is 65.5 Å². The van der Waals surface area contributed by atoms with E-state index in [1.165, 1.54) is 22.3 Å². The Labute approximate surface area is 215 Å². The molecule has 0 radical (unpaired) electrons. The monoisotopic (exact) mass is 504 g/mol. The van der Waals surface area contributed by atoms with E-state index in [1.54, 1.807) is 16.4 Å². The summed E-state index contributed by atoms with van der Waals surface area (Å²) >= 11 is 0. The standard InChI is InChI=1S/C27H32N6O4/c1-17(2)24(14-26(35)31-37)27(36)28-15-21-16-33(32-30-21)11-5-8-25(34)29-20-9-10-23-19(13-20)12-18-6-3-4-7-22(18)23/h3-4,6-7,9-10,13,16-17,24,37H,5,8,11-12,14-15H2,1-2H3,(H,28,36)(H,29,34)(H,31,35). The maximum Gasteiger partial charge on any atom is 0.244 e. The number of benzene rings is 2. The van der Waals surface area contributed by atoms with Crippen molar-refractivity contribution in [2.45, 2.75) is 52.6 Å². The van der Waals surface area contributed by atoms with Crippen LogP contribution in [0.15, 0.2) is 48.7 Å². The fourth-order valence-electron chi connectivity index (χ4n) is 4.56. The van der Waals surface area contributed by atoms with E-state index in [4.69, 9.17) is 5.21 Å². The van der Waals surface area contributed by atoms with Crippen LogP contribution in [0.25, 0.3) is 11.1 Å². The van der Waals surface area contributed by atoms with Gasteiger partial charge in [-0.1, -0.05) is 49.4 Å². The van der Waals surface area contributed by atoms with Gasteiger partial charge in [0.15, 0.2) is 0 Å². The van der Waals surface area contributed by atoms with Crippen molar-refractivity contribution in [1.82, 2.24) is 25.8 Å². The van der Waals surface area contributed by atoms with Crippen LogP contribution in [0.5, 0.6) is 0 Å². The highest BCUT2D eigenvalue weighted by molar-refractivity contribution is 5.91. The molecule has 0 aliphatic heterocycles. The Morgan fingerprint density at radius 1 is 1.05 bits per heavy atom. The summed E-state index contributed by atoms with van der Waals surface area (Å²) in [7, 11) is 0. The van der Waals surface area contributed by atoms with Gasteiger partial charge in [-0.05, 0) is 53.1 Å². The molecule has 1 aliphatic rings. The summed E-state index contributed by atoms with van der Waals surface area (Å²) in [6, 6.07) is 14.4. The molecule has 1 atom stereocenters. The molecule has 4 rings (SSSR count). The maximum atomic E-state index is 12.5. The smallest absolute Gasteiger partial charge is 0.244 e. The van der Waals surface area contributed by atoms with E-state index in [9.17, 15) is 14.4 Å². The van der Waals surface area contributed by atoms with Gasteiger partial charge in [-0.2, -0.15) is 0 Å². The molecule has 3 aromatic rings. The predicted molar refractivity (Wildman–Crippen MR) is 137 cm³/mol. The Morgan fingerprint density at radius 2 is 1.84 bits per heavy atom. The summed E-state index contributed by atoms with van der Waals surface area (Å²) < 4.78 is 1.64. The van der Waals surface area contributed by atoms with Gasteiger partial charge in [-0.25, -0.2) is 5.48 Å². The first-order valence-corrected chi connectivity index (χ1v) is 12.4. The quantitative estimate of drug-likeness (QED) is 0.183. The molecule has 0 saturated carbocycles. The Morgan fingerprint density at radius 3 is 2.62 bits per heavy atom. The summed E-state index contributed by atoms with van der Waals surface area (Å²) in [5.74, 6) is -1.60. The molecule has 1 aliphatic carbocycles. The molecular weight excluding hydrogens is 472 g/mol. The van der Waals surface area contributed by atoms with Crippen LogP contribution in [0.3, 0.4) is 0 Å². The van der Waals surface area contributed by atoms with E-state index in [-0.39, 0.29) is 30.7 Å². The molecule has 2 aromatic carbocycles. The summed E-state index contributed by atoms with van der Waals surface area (Å²) in [5.41, 5.74) is 7.95. The van der Waals surface area contributed by atoms with Crippen LogP contribution in [0.4, 0.5) is 5.69 Å². The van der Waals surface area contributed by atoms with Crippen LogP contribution < -0.4 is 16.1 Å². The summed E-state index contributed by atoms with van der Waals surface area (Å²) in [5, 5.41) is 22.6. The third kappa shape index (κ3) is 6.59. The van der Waals surface area contributed by atoms with Crippen molar-refractivity contribution in [2.75, 3.05) is 5.32 Å². The van der Waals surface area contributed by atoms with Crippen molar-refractivity contribution < 1.29 is 19.6 Å². The molecule has 0 spiro atoms. The molecule has 0 fully saturated rings. The minimum atomic E-state index is -0.606. The Hall–Kier alpha value is -4.05. The zero-order chi connectivity index (χ0) is 26.4. The lowest BCUT2D eigenvalue weighted by molar-refractivity contribution is -0.136. The first-order chi connectivity index (χ1) is 17.8. The number of hydrogen-bond acceptors (Lipinski definition) is 6. The molecule has 4 N–H and O–H groups in total. The third-order valence-corrected chi connectivity index (χ3v) is 6.57. The van der Waals surface area contributed by atoms with Crippen molar-refractivity contribution >= 4 is 23.4 Å². The maximum absolute atomic E-state index is 12.5. The normalized spacial score (nSPS) is 12.5. The number of anilines is 1. The van der Waals surface area contributed by atoms with Crippen LogP contribution in [0.2, 0.25) is 0 Å². The van der Waals surface area contributed by atoms with Crippen LogP contribution in [-0.4, -0.2) is 37.9 Å². The topological polar surface area (TPSA) is 138 Å². The second-order valence-electron chi connectivity index (χ2n) is 9.64. The second-order valence-corrected chi connectivity index (χ2v) is 9.64. The van der Waals surface area contributed by atoms with E-state index in [0.29, 0.717) is 25.1 Å². The number of nitrogens with one attached hydrogen (secondary N) is 3. The lowest BCUT2D eigenvalue weighted by atomic mass is 9.91. The van der Waals surface area contributed by atoms with Gasteiger partial charge in [-0.15, -0.1) is 5.10 Å². The Bertz CT molecular complexity index is 1290. The fraction of sp³-hybridized carbons (Fsp3) is 0.370. The average molecular weight is 505 g/mol. The van der Waals surface area contributed by atoms with Gasteiger partial charge in [0.2, 0.25) is 17.7 Å². The van der Waals surface area contributed by atoms with Gasteiger partial charge >= 0.3 is 0 Å². The molecule has 37 heavy (non-hydrogen) atoms. The minimum Gasteiger partial charge on any atom is -0.350 e. The number of hydroxylamine groups is 1. The molecule has 0 saturated heterocycles. The largest absolute Gasteiger partial charge is 0.350 e. The van der Waals surface area contributed by atoms with E-state index < -0.39 is 11.8 Å². The van der Waals surface area contributed by atoms with Crippen LogP contribution >= 0.6 is 0 Å². The van der Waals surface area contributed by atoms with Crippen molar-refractivity contribution in [3.8, 4) is 11.1 Å². The lowest BCUT2D eigenvalue weighted by Crippen LogP contribution is -2.36. The number of fused-ring (bicyclic) bond motifs is 3. The molecule has 3 amide bonds. The molecule has 10 nitrogen and oxygen atoms in total. The summed E-state index contributed by atoms with van der Waals surface area (Å²) in [6.45, 7) is 4.36. The van der Waals surface area contributed by atoms with Gasteiger partial charge < -0.3 is 10.6 Å². The van der Waals surface area contributed by atoms with Gasteiger partial charge in [0, 0.05) is 31.0 Å². The van der Waals surface area contributed by atoms with Crippen LogP contribution in [-0.2, 0) is 33.9 Å². The zero-order valence-electron chi connectivity index (χ0n) is 21.0. The molecule has 10 heteroatoms. The first-order valence-electron chi connectivity index (χ1n) is 12.4. The van der Waals surface area contributed by atoms with Gasteiger partial charge in [-0.3, -0.25) is 24.3 Å². The van der Waals surface area contributed by atoms with Gasteiger partial charge in [0.05, 0.1) is 12.7 Å². The lowest BCUT2D eigenvalue weighted by Gasteiger charge is -2.18. The number of amides is 3. The molecule has 194 valence electrons. The SMILES string of the molecule is CC(C)C(CC(=O)NO)C(=O)NCc1cn(CCCC(=O)Nc2ccc3c(c2)Cc2ccccc2-3)nn1. The van der Waals surface area contributed by atoms with E-state index in [0.717, 1.165) is 12.1 Å². The van der Waals surface area contributed by atoms with E-state index in [1.807, 2.05) is 38.1 Å². The number of carbonyl (C=O) groups excluding carboxylic acids is 3. The number of nitrogens with zero attached hydrogens (tertiary/aromatic N) is 3. The summed E-state index contributed by atoms with van der Waals surface area (Å²) in [6.07, 6.45) is 3.42. The van der Waals surface area contributed by atoms with Crippen molar-refractivity contribution in [1.29, 1.82) is 0 Å². The zero-order valence-corrected chi connectivity index (χ0v) is 21.0. The first kappa shape index (κ1) is 26.0. The van der Waals surface area contributed by atoms with Gasteiger partial charge in [0.25, 0.3) is 0 Å². The van der Waals surface area contributed by atoms with Crippen LogP contribution in [0.1, 0.15) is 49.9 Å². The summed E-state index contributed by atoms with van der Waals surface area (Å²) in [4.78, 5) is 36.4. The van der Waals surface area contributed by atoms with E-state index >= 15 is 0 Å². The molecule has 1 heterocycles. The minimum absolute atomic E-state index is 0.0605. The Kier molecular flexibility index (Phi) is 8.29. The van der Waals surface area contributed by atoms with Gasteiger partial charge in [0.1, 0.15) is 5.69 Å². The second kappa shape index (κ2) is 11.8. The number of rotatable bonds is 11. The number of hydrogen-bond donors (Lipinski definition) is 4. The van der Waals surface area contributed by atoms with Crippen molar-refractivity contribution in [3.63, 3.8) is 0 Å². The van der Waals surface area contributed by atoms with Crippen LogP contribution in [0, 0.1) is 11.8 Å². The molecular formula is C27H32N6O4. The highest BCUT2D eigenvalue weighted by Gasteiger charge is 2.25. The number of aromatic nitrogens is 3. The van der Waals surface area contributed by atoms with Crippen molar-refractivity contribution in [2.24, 2.45) is 11.8 Å². The average Bonchev–Trinajstić information content (AvgIpc) is 3.49. The Balaban J connectivity index is 1.20. The number of carbonyl (C=O) groups is 3. The molecule has 1 unspecified atom stereocenters. The highest BCUT2D eigenvalue weighted by atomic mass is 16.5. The van der Waals surface area contributed by atoms with E-state index in [2.05, 4.69) is 39.1 Å². The fourth-order valence-corrected chi connectivity index (χ4v) is 4.56. The third-order valence-electron chi connectivity index (χ3n) is 6.57.